The lowest BCUT2D eigenvalue weighted by atomic mass is 10.0. The fourth-order valence-electron chi connectivity index (χ4n) is 2.23. The van der Waals surface area contributed by atoms with Gasteiger partial charge in [-0.15, -0.1) is 10.2 Å². The average Bonchev–Trinajstić information content (AvgIpc) is 3.34. The largest absolute Gasteiger partial charge is 0.486 e. The summed E-state index contributed by atoms with van der Waals surface area (Å²) in [7, 11) is 0. The van der Waals surface area contributed by atoms with Gasteiger partial charge in [0.25, 0.3) is 0 Å². The van der Waals surface area contributed by atoms with E-state index in [1.807, 2.05) is 24.3 Å². The Balaban J connectivity index is 1.51. The highest BCUT2D eigenvalue weighted by Gasteiger charge is 2.23. The monoisotopic (exact) mass is 361 g/mol. The summed E-state index contributed by atoms with van der Waals surface area (Å²) in [6.45, 7) is 4.52. The number of nitrogens with zero attached hydrogens (tertiary/aromatic N) is 3. The summed E-state index contributed by atoms with van der Waals surface area (Å²) >= 11 is 1.27. The first-order valence-electron chi connectivity index (χ1n) is 8.37. The first-order valence-corrected chi connectivity index (χ1v) is 9.35. The molecule has 1 aromatic carbocycles. The molecular weight excluding hydrogens is 338 g/mol. The number of aromatic nitrogens is 3. The third-order valence-electron chi connectivity index (χ3n) is 3.92. The van der Waals surface area contributed by atoms with Crippen LogP contribution in [0.5, 0.6) is 5.75 Å². The van der Waals surface area contributed by atoms with Crippen LogP contribution in [-0.4, -0.2) is 32.6 Å². The van der Waals surface area contributed by atoms with E-state index in [4.69, 9.17) is 10.6 Å². The fraction of sp³-hybridized carbons (Fsp3) is 0.471. The predicted molar refractivity (Wildman–Crippen MR) is 96.9 cm³/mol. The summed E-state index contributed by atoms with van der Waals surface area (Å²) in [5, 5.41) is 11.5. The van der Waals surface area contributed by atoms with Crippen LogP contribution < -0.4 is 15.9 Å². The van der Waals surface area contributed by atoms with Crippen molar-refractivity contribution >= 4 is 17.7 Å². The molecule has 1 aromatic heterocycles. The number of benzene rings is 1. The van der Waals surface area contributed by atoms with Crippen LogP contribution in [0, 0.1) is 0 Å². The third-order valence-corrected chi connectivity index (χ3v) is 4.87. The van der Waals surface area contributed by atoms with E-state index in [9.17, 15) is 4.79 Å². The normalized spacial score (nSPS) is 13.9. The molecule has 1 heterocycles. The zero-order valence-corrected chi connectivity index (χ0v) is 15.3. The Hall–Kier alpha value is -2.22. The van der Waals surface area contributed by atoms with Crippen LogP contribution in [0.3, 0.4) is 0 Å². The van der Waals surface area contributed by atoms with Gasteiger partial charge in [0.2, 0.25) is 11.1 Å². The Morgan fingerprint density at radius 2 is 2.08 bits per heavy atom. The third kappa shape index (κ3) is 4.88. The van der Waals surface area contributed by atoms with Crippen LogP contribution in [0.25, 0.3) is 0 Å². The molecule has 3 N–H and O–H groups in total. The topological polar surface area (TPSA) is 95.1 Å². The van der Waals surface area contributed by atoms with Crippen LogP contribution >= 0.6 is 11.8 Å². The molecule has 0 radical (unpaired) electrons. The van der Waals surface area contributed by atoms with Crippen molar-refractivity contribution in [1.82, 2.24) is 20.2 Å². The van der Waals surface area contributed by atoms with E-state index < -0.39 is 0 Å². The molecule has 0 bridgehead atoms. The van der Waals surface area contributed by atoms with E-state index in [1.54, 1.807) is 0 Å². The maximum atomic E-state index is 11.7. The van der Waals surface area contributed by atoms with Gasteiger partial charge in [-0.05, 0) is 36.5 Å². The van der Waals surface area contributed by atoms with Crippen LogP contribution in [0.15, 0.2) is 29.4 Å². The van der Waals surface area contributed by atoms with Crippen molar-refractivity contribution in [2.24, 2.45) is 0 Å². The molecule has 0 atom stereocenters. The number of nitrogens with two attached hydrogens (primary N) is 1. The van der Waals surface area contributed by atoms with E-state index in [-0.39, 0.29) is 18.3 Å². The molecule has 2 aromatic rings. The number of hydrogen-bond acceptors (Lipinski definition) is 6. The molecular formula is C17H23N5O2S. The minimum Gasteiger partial charge on any atom is -0.486 e. The second-order valence-electron chi connectivity index (χ2n) is 6.41. The van der Waals surface area contributed by atoms with Gasteiger partial charge in [-0.25, -0.2) is 4.68 Å². The van der Waals surface area contributed by atoms with Gasteiger partial charge < -0.3 is 15.9 Å². The van der Waals surface area contributed by atoms with Crippen molar-refractivity contribution in [2.45, 2.75) is 50.4 Å². The second kappa shape index (κ2) is 7.77. The molecule has 134 valence electrons. The van der Waals surface area contributed by atoms with Crippen LogP contribution in [0.4, 0.5) is 0 Å². The van der Waals surface area contributed by atoms with E-state index in [1.165, 1.54) is 22.0 Å². The lowest BCUT2D eigenvalue weighted by Gasteiger charge is -2.09. The first-order chi connectivity index (χ1) is 12.0. The average molecular weight is 361 g/mol. The van der Waals surface area contributed by atoms with Crippen molar-refractivity contribution in [3.8, 4) is 5.75 Å². The zero-order valence-electron chi connectivity index (χ0n) is 14.4. The van der Waals surface area contributed by atoms with Crippen molar-refractivity contribution in [1.29, 1.82) is 0 Å². The highest BCUT2D eigenvalue weighted by molar-refractivity contribution is 7.99. The van der Waals surface area contributed by atoms with E-state index >= 15 is 0 Å². The Morgan fingerprint density at radius 1 is 1.36 bits per heavy atom. The summed E-state index contributed by atoms with van der Waals surface area (Å²) in [5.74, 6) is 8.02. The SMILES string of the molecule is CC(C)c1ccc(OCc2nnc(SCC(=O)NC3CC3)n2N)cc1. The molecule has 0 spiro atoms. The number of thioether (sulfide) groups is 1. The molecule has 1 saturated carbocycles. The van der Waals surface area contributed by atoms with Gasteiger partial charge in [0.1, 0.15) is 12.4 Å². The second-order valence-corrected chi connectivity index (χ2v) is 7.35. The highest BCUT2D eigenvalue weighted by atomic mass is 32.2. The number of amides is 1. The summed E-state index contributed by atoms with van der Waals surface area (Å²) < 4.78 is 7.09. The van der Waals surface area contributed by atoms with Gasteiger partial charge in [0.05, 0.1) is 5.75 Å². The number of nitrogen functional groups attached to an aromatic ring is 1. The zero-order chi connectivity index (χ0) is 17.8. The van der Waals surface area contributed by atoms with Crippen LogP contribution in [0.1, 0.15) is 44.0 Å². The Morgan fingerprint density at radius 3 is 2.72 bits per heavy atom. The van der Waals surface area contributed by atoms with Crippen molar-refractivity contribution in [3.63, 3.8) is 0 Å². The summed E-state index contributed by atoms with van der Waals surface area (Å²) in [4.78, 5) is 11.7. The Labute approximate surface area is 151 Å². The summed E-state index contributed by atoms with van der Waals surface area (Å²) in [6, 6.07) is 8.32. The molecule has 0 unspecified atom stereocenters. The van der Waals surface area contributed by atoms with Gasteiger partial charge in [-0.3, -0.25) is 4.79 Å². The Kier molecular flexibility index (Phi) is 5.47. The van der Waals surface area contributed by atoms with Crippen molar-refractivity contribution in [2.75, 3.05) is 11.6 Å². The van der Waals surface area contributed by atoms with E-state index in [0.717, 1.165) is 18.6 Å². The molecule has 0 saturated heterocycles. The molecule has 3 rings (SSSR count). The smallest absolute Gasteiger partial charge is 0.230 e. The molecule has 25 heavy (non-hydrogen) atoms. The van der Waals surface area contributed by atoms with Crippen LogP contribution in [0.2, 0.25) is 0 Å². The van der Waals surface area contributed by atoms with Gasteiger partial charge in [-0.2, -0.15) is 0 Å². The highest BCUT2D eigenvalue weighted by Crippen LogP contribution is 2.21. The minimum atomic E-state index is -0.00135. The lowest BCUT2D eigenvalue weighted by Crippen LogP contribution is -2.27. The first kappa shape index (κ1) is 17.6. The molecule has 7 nitrogen and oxygen atoms in total. The standard InChI is InChI=1S/C17H23N5O2S/c1-11(2)12-3-7-14(8-4-12)24-9-15-20-21-17(22(15)18)25-10-16(23)19-13-5-6-13/h3-4,7-8,11,13H,5-6,9-10,18H2,1-2H3,(H,19,23). The molecule has 1 aliphatic rings. The molecule has 1 aliphatic carbocycles. The van der Waals surface area contributed by atoms with Crippen molar-refractivity contribution in [3.05, 3.63) is 35.7 Å². The predicted octanol–water partition coefficient (Wildman–Crippen LogP) is 2.06. The lowest BCUT2D eigenvalue weighted by molar-refractivity contribution is -0.118. The van der Waals surface area contributed by atoms with Gasteiger partial charge in [-0.1, -0.05) is 37.7 Å². The van der Waals surface area contributed by atoms with E-state index in [2.05, 4.69) is 29.4 Å². The number of carbonyl (C=O) groups is 1. The minimum absolute atomic E-state index is 0.00135. The summed E-state index contributed by atoms with van der Waals surface area (Å²) in [6.07, 6.45) is 2.15. The number of carbonyl (C=O) groups excluding carboxylic acids is 1. The van der Waals surface area contributed by atoms with Gasteiger partial charge >= 0.3 is 0 Å². The molecule has 8 heteroatoms. The maximum Gasteiger partial charge on any atom is 0.230 e. The number of nitrogens with one attached hydrogen (secondary N) is 1. The maximum absolute atomic E-state index is 11.7. The summed E-state index contributed by atoms with van der Waals surface area (Å²) in [5.41, 5.74) is 1.26. The Bertz CT molecular complexity index is 725. The van der Waals surface area contributed by atoms with E-state index in [0.29, 0.717) is 22.9 Å². The molecule has 0 aliphatic heterocycles. The molecule has 1 amide bonds. The van der Waals surface area contributed by atoms with Gasteiger partial charge in [0.15, 0.2) is 5.82 Å². The van der Waals surface area contributed by atoms with Crippen LogP contribution in [-0.2, 0) is 11.4 Å². The van der Waals surface area contributed by atoms with Gasteiger partial charge in [0, 0.05) is 6.04 Å². The van der Waals surface area contributed by atoms with Crippen molar-refractivity contribution < 1.29 is 9.53 Å². The fourth-order valence-corrected chi connectivity index (χ4v) is 2.91. The molecule has 1 fully saturated rings. The quantitative estimate of drug-likeness (QED) is 0.552. The number of hydrogen-bond donors (Lipinski definition) is 2. The number of rotatable bonds is 8. The number of ether oxygens (including phenoxy) is 1.